The Bertz CT molecular complexity index is 937. The number of nitrogens with zero attached hydrogens (tertiary/aromatic N) is 4. The highest BCUT2D eigenvalue weighted by molar-refractivity contribution is 6.03. The normalized spacial score (nSPS) is 17.4. The fourth-order valence-corrected chi connectivity index (χ4v) is 2.69. The van der Waals surface area contributed by atoms with Crippen molar-refractivity contribution in [3.63, 3.8) is 0 Å². The molecule has 1 aliphatic heterocycles. The largest absolute Gasteiger partial charge is 0.408 e. The molecule has 1 unspecified atom stereocenters. The Morgan fingerprint density at radius 3 is 2.79 bits per heavy atom. The number of nitrogens with two attached hydrogens (primary N) is 1. The van der Waals surface area contributed by atoms with Gasteiger partial charge in [-0.3, -0.25) is 19.2 Å². The Morgan fingerprint density at radius 1 is 1.36 bits per heavy atom. The summed E-state index contributed by atoms with van der Waals surface area (Å²) < 4.78 is 37.8. The molecule has 1 aromatic carbocycles. The lowest BCUT2D eigenvalue weighted by Crippen LogP contribution is -2.42. The zero-order valence-corrected chi connectivity index (χ0v) is 14.8. The molecule has 148 valence electrons. The fraction of sp³-hybridized carbons (Fsp3) is 0.294. The summed E-state index contributed by atoms with van der Waals surface area (Å²) in [5, 5.41) is 6.20. The number of aliphatic imine (C=N–C) groups is 1. The second-order valence-corrected chi connectivity index (χ2v) is 6.25. The van der Waals surface area contributed by atoms with Gasteiger partial charge in [-0.2, -0.15) is 18.3 Å². The summed E-state index contributed by atoms with van der Waals surface area (Å²) in [4.78, 5) is 29.7. The van der Waals surface area contributed by atoms with Crippen LogP contribution in [0.5, 0.6) is 0 Å². The van der Waals surface area contributed by atoms with Crippen LogP contribution in [0.2, 0.25) is 0 Å². The Balaban J connectivity index is 1.73. The van der Waals surface area contributed by atoms with Gasteiger partial charge >= 0.3 is 6.18 Å². The molecule has 2 amide bonds. The number of nitrogens with one attached hydrogen (secondary N) is 1. The number of alkyl halides is 3. The van der Waals surface area contributed by atoms with Crippen molar-refractivity contribution in [3.8, 4) is 0 Å². The highest BCUT2D eigenvalue weighted by atomic mass is 19.4. The zero-order valence-electron chi connectivity index (χ0n) is 14.8. The van der Waals surface area contributed by atoms with E-state index in [1.165, 1.54) is 18.0 Å². The molecule has 1 atom stereocenters. The van der Waals surface area contributed by atoms with Crippen molar-refractivity contribution in [1.82, 2.24) is 14.7 Å². The molecular weight excluding hydrogens is 377 g/mol. The molecule has 28 heavy (non-hydrogen) atoms. The van der Waals surface area contributed by atoms with Gasteiger partial charge in [-0.05, 0) is 23.8 Å². The highest BCUT2D eigenvalue weighted by Gasteiger charge is 2.29. The van der Waals surface area contributed by atoms with Crippen LogP contribution in [0.4, 0.5) is 18.9 Å². The van der Waals surface area contributed by atoms with Gasteiger partial charge in [0, 0.05) is 18.9 Å². The quantitative estimate of drug-likeness (QED) is 0.826. The Kier molecular flexibility index (Phi) is 5.08. The molecule has 0 saturated carbocycles. The van der Waals surface area contributed by atoms with Crippen LogP contribution in [-0.2, 0) is 11.3 Å². The molecule has 0 saturated heterocycles. The average molecular weight is 394 g/mol. The second kappa shape index (κ2) is 7.33. The number of anilines is 1. The van der Waals surface area contributed by atoms with E-state index in [2.05, 4.69) is 15.4 Å². The van der Waals surface area contributed by atoms with Crippen LogP contribution in [0.15, 0.2) is 41.5 Å². The lowest BCUT2D eigenvalue weighted by molar-refractivity contribution is -0.142. The summed E-state index contributed by atoms with van der Waals surface area (Å²) in [7, 11) is 1.53. The van der Waals surface area contributed by atoms with Crippen molar-refractivity contribution in [2.24, 2.45) is 10.7 Å². The van der Waals surface area contributed by atoms with E-state index in [1.807, 2.05) is 0 Å². The third-order valence-corrected chi connectivity index (χ3v) is 4.12. The van der Waals surface area contributed by atoms with Crippen molar-refractivity contribution in [1.29, 1.82) is 0 Å². The van der Waals surface area contributed by atoms with Crippen LogP contribution in [0.25, 0.3) is 0 Å². The number of aromatic nitrogens is 2. The lowest BCUT2D eigenvalue weighted by atomic mass is 10.0. The zero-order chi connectivity index (χ0) is 20.5. The van der Waals surface area contributed by atoms with Gasteiger partial charge in [0.1, 0.15) is 6.54 Å². The first-order valence-corrected chi connectivity index (χ1v) is 8.24. The average Bonchev–Trinajstić information content (AvgIpc) is 3.06. The van der Waals surface area contributed by atoms with Crippen LogP contribution in [0, 0.1) is 0 Å². The minimum Gasteiger partial charge on any atom is -0.369 e. The monoisotopic (exact) mass is 394 g/mol. The van der Waals surface area contributed by atoms with Crippen LogP contribution < -0.4 is 11.1 Å². The van der Waals surface area contributed by atoms with Gasteiger partial charge in [0.15, 0.2) is 11.7 Å². The van der Waals surface area contributed by atoms with Crippen LogP contribution in [0.1, 0.15) is 28.5 Å². The van der Waals surface area contributed by atoms with Gasteiger partial charge in [0.25, 0.3) is 5.91 Å². The molecule has 0 radical (unpaired) electrons. The van der Waals surface area contributed by atoms with Crippen molar-refractivity contribution in [2.45, 2.75) is 25.2 Å². The first-order chi connectivity index (χ1) is 13.1. The summed E-state index contributed by atoms with van der Waals surface area (Å²) in [6.45, 7) is -1.28. The molecule has 1 aromatic heterocycles. The molecule has 0 aliphatic carbocycles. The summed E-state index contributed by atoms with van der Waals surface area (Å²) in [5.41, 5.74) is 6.65. The summed E-state index contributed by atoms with van der Waals surface area (Å²) in [6.07, 6.45) is -3.21. The maximum absolute atomic E-state index is 12.4. The number of guanidine groups is 1. The number of amides is 2. The van der Waals surface area contributed by atoms with Crippen LogP contribution in [0.3, 0.4) is 0 Å². The van der Waals surface area contributed by atoms with E-state index in [4.69, 9.17) is 5.73 Å². The maximum atomic E-state index is 12.4. The molecule has 0 spiro atoms. The van der Waals surface area contributed by atoms with E-state index in [0.29, 0.717) is 15.9 Å². The van der Waals surface area contributed by atoms with Crippen molar-refractivity contribution in [2.75, 3.05) is 12.4 Å². The first kappa shape index (κ1) is 19.4. The summed E-state index contributed by atoms with van der Waals surface area (Å²) in [6, 6.07) is 7.37. The number of benzene rings is 1. The van der Waals surface area contributed by atoms with Crippen LogP contribution >= 0.6 is 0 Å². The van der Waals surface area contributed by atoms with E-state index >= 15 is 0 Å². The highest BCUT2D eigenvalue weighted by Crippen LogP contribution is 2.27. The smallest absolute Gasteiger partial charge is 0.369 e. The maximum Gasteiger partial charge on any atom is 0.408 e. The minimum atomic E-state index is -4.43. The molecule has 8 nitrogen and oxygen atoms in total. The summed E-state index contributed by atoms with van der Waals surface area (Å²) >= 11 is 0. The predicted octanol–water partition coefficient (Wildman–Crippen LogP) is 1.92. The lowest BCUT2D eigenvalue weighted by Gasteiger charge is -2.25. The molecule has 2 aromatic rings. The van der Waals surface area contributed by atoms with E-state index < -0.39 is 24.7 Å². The number of hydrogen-bond donors (Lipinski definition) is 2. The Labute approximate surface area is 157 Å². The van der Waals surface area contributed by atoms with Crippen molar-refractivity contribution in [3.05, 3.63) is 47.8 Å². The SMILES string of the molecule is CN1C(=O)CC(c2cccc(NC(=O)c3ccn(CC(F)(F)F)n3)c2)N=C1N. The topological polar surface area (TPSA) is 106 Å². The van der Waals surface area contributed by atoms with Crippen LogP contribution in [-0.4, -0.2) is 45.7 Å². The molecule has 3 N–H and O–H groups in total. The number of halogens is 3. The Morgan fingerprint density at radius 2 is 2.11 bits per heavy atom. The number of carbonyl (C=O) groups is 2. The number of carbonyl (C=O) groups excluding carboxylic acids is 2. The Hall–Kier alpha value is -3.37. The van der Waals surface area contributed by atoms with Gasteiger partial charge in [0.2, 0.25) is 5.91 Å². The molecular formula is C17H17F3N6O2. The third kappa shape index (κ3) is 4.48. The van der Waals surface area contributed by atoms with Gasteiger partial charge in [-0.15, -0.1) is 0 Å². The molecule has 0 bridgehead atoms. The number of hydrogen-bond acceptors (Lipinski definition) is 5. The van der Waals surface area contributed by atoms with Gasteiger partial charge < -0.3 is 11.1 Å². The third-order valence-electron chi connectivity index (χ3n) is 4.12. The predicted molar refractivity (Wildman–Crippen MR) is 94.4 cm³/mol. The van der Waals surface area contributed by atoms with Gasteiger partial charge in [-0.25, -0.2) is 4.99 Å². The van der Waals surface area contributed by atoms with Crippen molar-refractivity contribution >= 4 is 23.5 Å². The molecule has 0 fully saturated rings. The number of rotatable bonds is 4. The van der Waals surface area contributed by atoms with E-state index in [1.54, 1.807) is 24.3 Å². The molecule has 2 heterocycles. The van der Waals surface area contributed by atoms with Crippen molar-refractivity contribution < 1.29 is 22.8 Å². The van der Waals surface area contributed by atoms with E-state index in [-0.39, 0.29) is 24.0 Å². The molecule has 1 aliphatic rings. The molecule has 3 rings (SSSR count). The van der Waals surface area contributed by atoms with Gasteiger partial charge in [-0.1, -0.05) is 12.1 Å². The standard InChI is InChI=1S/C17H17F3N6O2/c1-25-14(27)8-13(23-16(25)21)10-3-2-4-11(7-10)22-15(28)12-5-6-26(24-12)9-17(18,19)20/h2-7,13H,8-9H2,1H3,(H2,21,23)(H,22,28). The minimum absolute atomic E-state index is 0.103. The van der Waals surface area contributed by atoms with E-state index in [0.717, 1.165) is 6.20 Å². The molecule has 11 heteroatoms. The van der Waals surface area contributed by atoms with E-state index in [9.17, 15) is 22.8 Å². The first-order valence-electron chi connectivity index (χ1n) is 8.24. The van der Waals surface area contributed by atoms with Gasteiger partial charge in [0.05, 0.1) is 12.5 Å². The summed E-state index contributed by atoms with van der Waals surface area (Å²) in [5.74, 6) is -0.728. The fourth-order valence-electron chi connectivity index (χ4n) is 2.69. The second-order valence-electron chi connectivity index (χ2n) is 6.25.